The number of β-amino-alcohol motifs (C(OH)–C–C–N with tert-alkyl or cyclic N) is 1. The van der Waals surface area contributed by atoms with Crippen LogP contribution in [0.1, 0.15) is 36.5 Å². The molecule has 0 aromatic heterocycles. The van der Waals surface area contributed by atoms with Crippen molar-refractivity contribution in [1.29, 1.82) is 0 Å². The van der Waals surface area contributed by atoms with Gasteiger partial charge in [-0.3, -0.25) is 0 Å². The smallest absolute Gasteiger partial charge is 0.0916 e. The molecule has 1 aromatic carbocycles. The van der Waals surface area contributed by atoms with E-state index in [-0.39, 0.29) is 6.61 Å². The second kappa shape index (κ2) is 7.74. The van der Waals surface area contributed by atoms with Crippen molar-refractivity contribution in [2.24, 2.45) is 11.7 Å². The minimum Gasteiger partial charge on any atom is -0.396 e. The summed E-state index contributed by atoms with van der Waals surface area (Å²) >= 11 is 0. The first-order chi connectivity index (χ1) is 9.72. The van der Waals surface area contributed by atoms with Gasteiger partial charge < -0.3 is 20.8 Å². The molecular formula is C16H26N2O2. The Bertz CT molecular complexity index is 392. The number of piperidine rings is 1. The first-order valence-electron chi connectivity index (χ1n) is 7.53. The number of aliphatic hydroxyl groups is 2. The Morgan fingerprint density at radius 2 is 2.05 bits per heavy atom. The average Bonchev–Trinajstić information content (AvgIpc) is 2.48. The number of rotatable bonds is 6. The predicted molar refractivity (Wildman–Crippen MR) is 80.2 cm³/mol. The van der Waals surface area contributed by atoms with Gasteiger partial charge in [-0.15, -0.1) is 0 Å². The van der Waals surface area contributed by atoms with E-state index in [4.69, 9.17) is 10.8 Å². The number of aliphatic hydroxyl groups excluding tert-OH is 2. The van der Waals surface area contributed by atoms with Crippen LogP contribution in [0.15, 0.2) is 24.3 Å². The Kier molecular flexibility index (Phi) is 5.98. The molecule has 1 aliphatic rings. The van der Waals surface area contributed by atoms with Gasteiger partial charge in [0.05, 0.1) is 6.10 Å². The van der Waals surface area contributed by atoms with E-state index in [0.717, 1.165) is 37.1 Å². The molecule has 20 heavy (non-hydrogen) atoms. The Hall–Kier alpha value is -0.940. The van der Waals surface area contributed by atoms with E-state index in [1.807, 2.05) is 24.3 Å². The van der Waals surface area contributed by atoms with Crippen LogP contribution in [-0.2, 0) is 6.54 Å². The molecule has 2 rings (SSSR count). The summed E-state index contributed by atoms with van der Waals surface area (Å²) in [5.41, 5.74) is 7.61. The summed E-state index contributed by atoms with van der Waals surface area (Å²) in [4.78, 5) is 2.31. The first-order valence-corrected chi connectivity index (χ1v) is 7.53. The van der Waals surface area contributed by atoms with Crippen molar-refractivity contribution in [3.05, 3.63) is 35.4 Å². The zero-order valence-electron chi connectivity index (χ0n) is 12.0. The molecule has 4 N–H and O–H groups in total. The summed E-state index contributed by atoms with van der Waals surface area (Å²) in [6.07, 6.45) is 2.77. The van der Waals surface area contributed by atoms with E-state index >= 15 is 0 Å². The van der Waals surface area contributed by atoms with Crippen LogP contribution < -0.4 is 5.73 Å². The molecule has 112 valence electrons. The van der Waals surface area contributed by atoms with E-state index in [1.165, 1.54) is 6.42 Å². The topological polar surface area (TPSA) is 69.7 Å². The maximum absolute atomic E-state index is 10.3. The monoisotopic (exact) mass is 278 g/mol. The fourth-order valence-corrected chi connectivity index (χ4v) is 2.96. The highest BCUT2D eigenvalue weighted by molar-refractivity contribution is 5.24. The Morgan fingerprint density at radius 1 is 1.30 bits per heavy atom. The molecule has 0 radical (unpaired) electrons. The van der Waals surface area contributed by atoms with Crippen molar-refractivity contribution in [2.45, 2.75) is 31.9 Å². The number of hydrogen-bond acceptors (Lipinski definition) is 4. The first kappa shape index (κ1) is 15.4. The third kappa shape index (κ3) is 4.28. The van der Waals surface area contributed by atoms with E-state index in [1.54, 1.807) is 0 Å². The second-order valence-electron chi connectivity index (χ2n) is 5.74. The van der Waals surface area contributed by atoms with Crippen LogP contribution >= 0.6 is 0 Å². The predicted octanol–water partition coefficient (Wildman–Crippen LogP) is 1.27. The van der Waals surface area contributed by atoms with Crippen LogP contribution in [0.25, 0.3) is 0 Å². The largest absolute Gasteiger partial charge is 0.396 e. The number of likely N-dealkylation sites (tertiary alicyclic amines) is 1. The van der Waals surface area contributed by atoms with Gasteiger partial charge in [0.15, 0.2) is 0 Å². The van der Waals surface area contributed by atoms with Gasteiger partial charge in [-0.05, 0) is 42.9 Å². The number of hydrogen-bond donors (Lipinski definition) is 3. The van der Waals surface area contributed by atoms with Gasteiger partial charge in [-0.1, -0.05) is 24.3 Å². The summed E-state index contributed by atoms with van der Waals surface area (Å²) in [6.45, 7) is 3.50. The summed E-state index contributed by atoms with van der Waals surface area (Å²) in [5.74, 6) is 0.570. The molecule has 4 heteroatoms. The van der Waals surface area contributed by atoms with Gasteiger partial charge in [0.2, 0.25) is 0 Å². The van der Waals surface area contributed by atoms with Gasteiger partial charge in [0.25, 0.3) is 0 Å². The standard InChI is InChI=1S/C16H26N2O2/c17-10-13-3-5-15(6-4-13)16(20)12-18-8-1-2-14(11-18)7-9-19/h3-6,14,16,19-20H,1-2,7-12,17H2. The number of nitrogens with two attached hydrogens (primary N) is 1. The van der Waals surface area contributed by atoms with Gasteiger partial charge in [-0.2, -0.15) is 0 Å². The molecular weight excluding hydrogens is 252 g/mol. The lowest BCUT2D eigenvalue weighted by molar-refractivity contribution is 0.0781. The van der Waals surface area contributed by atoms with Crippen LogP contribution in [-0.4, -0.2) is 41.4 Å². The molecule has 2 atom stereocenters. The number of benzene rings is 1. The maximum Gasteiger partial charge on any atom is 0.0916 e. The van der Waals surface area contributed by atoms with Crippen molar-refractivity contribution in [3.8, 4) is 0 Å². The van der Waals surface area contributed by atoms with E-state index in [2.05, 4.69) is 4.90 Å². The van der Waals surface area contributed by atoms with Gasteiger partial charge >= 0.3 is 0 Å². The molecule has 1 fully saturated rings. The van der Waals surface area contributed by atoms with Crippen molar-refractivity contribution < 1.29 is 10.2 Å². The summed E-state index contributed by atoms with van der Waals surface area (Å²) < 4.78 is 0. The summed E-state index contributed by atoms with van der Waals surface area (Å²) in [5, 5.41) is 19.4. The van der Waals surface area contributed by atoms with Crippen LogP contribution in [0.2, 0.25) is 0 Å². The zero-order valence-corrected chi connectivity index (χ0v) is 12.0. The highest BCUT2D eigenvalue weighted by Crippen LogP contribution is 2.22. The van der Waals surface area contributed by atoms with Crippen molar-refractivity contribution in [3.63, 3.8) is 0 Å². The van der Waals surface area contributed by atoms with E-state index in [0.29, 0.717) is 19.0 Å². The Morgan fingerprint density at radius 3 is 2.70 bits per heavy atom. The highest BCUT2D eigenvalue weighted by Gasteiger charge is 2.21. The maximum atomic E-state index is 10.3. The van der Waals surface area contributed by atoms with Gasteiger partial charge in [0, 0.05) is 26.2 Å². The summed E-state index contributed by atoms with van der Waals surface area (Å²) in [6, 6.07) is 7.87. The molecule has 1 heterocycles. The van der Waals surface area contributed by atoms with Crippen molar-refractivity contribution >= 4 is 0 Å². The average molecular weight is 278 g/mol. The Labute approximate surface area is 121 Å². The van der Waals surface area contributed by atoms with Crippen molar-refractivity contribution in [1.82, 2.24) is 4.90 Å². The zero-order chi connectivity index (χ0) is 14.4. The fourth-order valence-electron chi connectivity index (χ4n) is 2.96. The minimum atomic E-state index is -0.449. The highest BCUT2D eigenvalue weighted by atomic mass is 16.3. The molecule has 0 saturated carbocycles. The van der Waals surface area contributed by atoms with E-state index < -0.39 is 6.10 Å². The minimum absolute atomic E-state index is 0.265. The van der Waals surface area contributed by atoms with Gasteiger partial charge in [0.1, 0.15) is 0 Å². The Balaban J connectivity index is 1.87. The number of nitrogens with zero attached hydrogens (tertiary/aromatic N) is 1. The van der Waals surface area contributed by atoms with Crippen LogP contribution in [0, 0.1) is 5.92 Å². The normalized spacial score (nSPS) is 21.9. The molecule has 4 nitrogen and oxygen atoms in total. The molecule has 1 aromatic rings. The lowest BCUT2D eigenvalue weighted by Crippen LogP contribution is -2.38. The summed E-state index contributed by atoms with van der Waals surface area (Å²) in [7, 11) is 0. The quantitative estimate of drug-likeness (QED) is 0.733. The lowest BCUT2D eigenvalue weighted by Gasteiger charge is -2.33. The van der Waals surface area contributed by atoms with Crippen LogP contribution in [0.3, 0.4) is 0 Å². The van der Waals surface area contributed by atoms with Crippen molar-refractivity contribution in [2.75, 3.05) is 26.2 Å². The SMILES string of the molecule is NCc1ccc(C(O)CN2CCCC(CCO)C2)cc1. The molecule has 1 aliphatic heterocycles. The van der Waals surface area contributed by atoms with Crippen LogP contribution in [0.5, 0.6) is 0 Å². The molecule has 0 amide bonds. The van der Waals surface area contributed by atoms with Gasteiger partial charge in [-0.25, -0.2) is 0 Å². The third-order valence-corrected chi connectivity index (χ3v) is 4.17. The van der Waals surface area contributed by atoms with Crippen LogP contribution in [0.4, 0.5) is 0 Å². The second-order valence-corrected chi connectivity index (χ2v) is 5.74. The van der Waals surface area contributed by atoms with E-state index in [9.17, 15) is 5.11 Å². The molecule has 2 unspecified atom stereocenters. The molecule has 0 bridgehead atoms. The fraction of sp³-hybridized carbons (Fsp3) is 0.625. The lowest BCUT2D eigenvalue weighted by atomic mass is 9.94. The molecule has 1 saturated heterocycles. The molecule has 0 spiro atoms. The third-order valence-electron chi connectivity index (χ3n) is 4.17. The molecule has 0 aliphatic carbocycles.